The summed E-state index contributed by atoms with van der Waals surface area (Å²) in [6.07, 6.45) is 4.84. The number of hydrogen-bond acceptors (Lipinski definition) is 3. The third kappa shape index (κ3) is 4.55. The summed E-state index contributed by atoms with van der Waals surface area (Å²) in [5.74, 6) is 0.555. The van der Waals surface area contributed by atoms with Crippen LogP contribution in [0.1, 0.15) is 32.3 Å². The normalized spacial score (nSPS) is 18.0. The van der Waals surface area contributed by atoms with Gasteiger partial charge < -0.3 is 10.2 Å². The molecule has 2 amide bonds. The molecule has 5 heteroatoms. The minimum absolute atomic E-state index is 0.0317. The molecule has 1 saturated heterocycles. The van der Waals surface area contributed by atoms with Crippen LogP contribution in [-0.4, -0.2) is 34.8 Å². The number of nitrogens with zero attached hydrogens (tertiary/aromatic N) is 2. The van der Waals surface area contributed by atoms with Crippen LogP contribution >= 0.6 is 0 Å². The van der Waals surface area contributed by atoms with Crippen LogP contribution in [0.25, 0.3) is 0 Å². The average Bonchev–Trinajstić information content (AvgIpc) is 2.93. The first-order valence-electron chi connectivity index (χ1n) is 7.50. The van der Waals surface area contributed by atoms with E-state index in [1.165, 1.54) is 0 Å². The van der Waals surface area contributed by atoms with Crippen molar-refractivity contribution in [3.63, 3.8) is 0 Å². The molecule has 0 aliphatic carbocycles. The maximum atomic E-state index is 12.0. The SMILES string of the molecule is CC(C)C(=O)N1CC[C@H](CC(=O)NCc2ccncc2)C1. The minimum Gasteiger partial charge on any atom is -0.352 e. The summed E-state index contributed by atoms with van der Waals surface area (Å²) < 4.78 is 0. The highest BCUT2D eigenvalue weighted by molar-refractivity contribution is 5.79. The highest BCUT2D eigenvalue weighted by atomic mass is 16.2. The third-order valence-electron chi connectivity index (χ3n) is 3.80. The molecule has 5 nitrogen and oxygen atoms in total. The van der Waals surface area contributed by atoms with Gasteiger partial charge in [-0.15, -0.1) is 0 Å². The van der Waals surface area contributed by atoms with E-state index in [0.29, 0.717) is 19.5 Å². The fourth-order valence-electron chi connectivity index (χ4n) is 2.60. The van der Waals surface area contributed by atoms with Gasteiger partial charge in [-0.3, -0.25) is 14.6 Å². The molecule has 0 saturated carbocycles. The number of pyridine rings is 1. The summed E-state index contributed by atoms with van der Waals surface area (Å²) in [4.78, 5) is 29.7. The Morgan fingerprint density at radius 2 is 2.10 bits per heavy atom. The van der Waals surface area contributed by atoms with E-state index in [0.717, 1.165) is 18.5 Å². The van der Waals surface area contributed by atoms with Crippen molar-refractivity contribution in [1.82, 2.24) is 15.2 Å². The molecule has 1 aliphatic rings. The van der Waals surface area contributed by atoms with Gasteiger partial charge in [0.15, 0.2) is 0 Å². The van der Waals surface area contributed by atoms with Gasteiger partial charge in [0.2, 0.25) is 11.8 Å². The van der Waals surface area contributed by atoms with E-state index >= 15 is 0 Å². The Morgan fingerprint density at radius 3 is 2.76 bits per heavy atom. The van der Waals surface area contributed by atoms with Gasteiger partial charge in [0.1, 0.15) is 0 Å². The average molecular weight is 289 g/mol. The molecule has 21 heavy (non-hydrogen) atoms. The van der Waals surface area contributed by atoms with Crippen molar-refractivity contribution in [1.29, 1.82) is 0 Å². The first kappa shape index (κ1) is 15.5. The van der Waals surface area contributed by atoms with Crippen molar-refractivity contribution >= 4 is 11.8 Å². The van der Waals surface area contributed by atoms with Crippen molar-refractivity contribution in [2.24, 2.45) is 11.8 Å². The fourth-order valence-corrected chi connectivity index (χ4v) is 2.60. The zero-order valence-electron chi connectivity index (χ0n) is 12.7. The highest BCUT2D eigenvalue weighted by Gasteiger charge is 2.28. The van der Waals surface area contributed by atoms with E-state index in [2.05, 4.69) is 10.3 Å². The van der Waals surface area contributed by atoms with Gasteiger partial charge in [0.05, 0.1) is 0 Å². The minimum atomic E-state index is 0.0317. The summed E-state index contributed by atoms with van der Waals surface area (Å²) >= 11 is 0. The Balaban J connectivity index is 1.73. The zero-order valence-corrected chi connectivity index (χ0v) is 12.7. The molecule has 0 bridgehead atoms. The molecule has 0 unspecified atom stereocenters. The lowest BCUT2D eigenvalue weighted by Gasteiger charge is -2.18. The number of hydrogen-bond donors (Lipinski definition) is 1. The molecule has 1 fully saturated rings. The molecule has 2 heterocycles. The number of nitrogens with one attached hydrogen (secondary N) is 1. The summed E-state index contributed by atoms with van der Waals surface area (Å²) in [5.41, 5.74) is 1.04. The molecular weight excluding hydrogens is 266 g/mol. The predicted molar refractivity (Wildman–Crippen MR) is 80.2 cm³/mol. The summed E-state index contributed by atoms with van der Waals surface area (Å²) in [6, 6.07) is 3.78. The summed E-state index contributed by atoms with van der Waals surface area (Å²) in [6.45, 7) is 5.84. The van der Waals surface area contributed by atoms with Gasteiger partial charge in [0.25, 0.3) is 0 Å². The van der Waals surface area contributed by atoms with E-state index < -0.39 is 0 Å². The smallest absolute Gasteiger partial charge is 0.225 e. The monoisotopic (exact) mass is 289 g/mol. The molecule has 0 radical (unpaired) electrons. The highest BCUT2D eigenvalue weighted by Crippen LogP contribution is 2.21. The van der Waals surface area contributed by atoms with E-state index in [9.17, 15) is 9.59 Å². The molecule has 1 atom stereocenters. The van der Waals surface area contributed by atoms with Gasteiger partial charge in [-0.1, -0.05) is 13.8 Å². The molecule has 1 aliphatic heterocycles. The van der Waals surface area contributed by atoms with Crippen LogP contribution in [-0.2, 0) is 16.1 Å². The van der Waals surface area contributed by atoms with E-state index in [-0.39, 0.29) is 23.7 Å². The van der Waals surface area contributed by atoms with Crippen LogP contribution in [0.4, 0.5) is 0 Å². The quantitative estimate of drug-likeness (QED) is 0.895. The number of carbonyl (C=O) groups is 2. The van der Waals surface area contributed by atoms with Gasteiger partial charge in [-0.25, -0.2) is 0 Å². The van der Waals surface area contributed by atoms with Crippen LogP contribution in [0, 0.1) is 11.8 Å². The van der Waals surface area contributed by atoms with Crippen molar-refractivity contribution in [2.45, 2.75) is 33.2 Å². The van der Waals surface area contributed by atoms with E-state index in [4.69, 9.17) is 0 Å². The maximum absolute atomic E-state index is 12.0. The molecule has 2 rings (SSSR count). The van der Waals surface area contributed by atoms with Gasteiger partial charge in [-0.2, -0.15) is 0 Å². The van der Waals surface area contributed by atoms with Crippen molar-refractivity contribution in [2.75, 3.05) is 13.1 Å². The van der Waals surface area contributed by atoms with Crippen molar-refractivity contribution in [3.8, 4) is 0 Å². The van der Waals surface area contributed by atoms with Crippen LogP contribution < -0.4 is 5.32 Å². The van der Waals surface area contributed by atoms with Crippen molar-refractivity contribution < 1.29 is 9.59 Å². The molecule has 114 valence electrons. The molecule has 0 spiro atoms. The second-order valence-electron chi connectivity index (χ2n) is 5.93. The standard InChI is InChI=1S/C16H23N3O2/c1-12(2)16(21)19-8-5-14(11-19)9-15(20)18-10-13-3-6-17-7-4-13/h3-4,6-7,12,14H,5,8-11H2,1-2H3,(H,18,20)/t14-/m1/s1. The van der Waals surface area contributed by atoms with Gasteiger partial charge in [0, 0.05) is 44.4 Å². The molecule has 1 aromatic rings. The summed E-state index contributed by atoms with van der Waals surface area (Å²) in [7, 11) is 0. The summed E-state index contributed by atoms with van der Waals surface area (Å²) in [5, 5.41) is 2.92. The second kappa shape index (κ2) is 7.20. The number of likely N-dealkylation sites (tertiary alicyclic amines) is 1. The topological polar surface area (TPSA) is 62.3 Å². The lowest BCUT2D eigenvalue weighted by Crippen LogP contribution is -2.33. The fraction of sp³-hybridized carbons (Fsp3) is 0.562. The van der Waals surface area contributed by atoms with Crippen LogP contribution in [0.15, 0.2) is 24.5 Å². The van der Waals surface area contributed by atoms with Gasteiger partial charge >= 0.3 is 0 Å². The van der Waals surface area contributed by atoms with Crippen LogP contribution in [0.5, 0.6) is 0 Å². The molecule has 1 aromatic heterocycles. The van der Waals surface area contributed by atoms with Gasteiger partial charge in [-0.05, 0) is 30.0 Å². The Hall–Kier alpha value is -1.91. The Morgan fingerprint density at radius 1 is 1.38 bits per heavy atom. The predicted octanol–water partition coefficient (Wildman–Crippen LogP) is 1.59. The van der Waals surface area contributed by atoms with E-state index in [1.807, 2.05) is 30.9 Å². The molecular formula is C16H23N3O2. The lowest BCUT2D eigenvalue weighted by atomic mass is 10.0. The lowest BCUT2D eigenvalue weighted by molar-refractivity contribution is -0.133. The number of rotatable bonds is 5. The Labute approximate surface area is 125 Å². The maximum Gasteiger partial charge on any atom is 0.225 e. The van der Waals surface area contributed by atoms with Crippen LogP contribution in [0.3, 0.4) is 0 Å². The van der Waals surface area contributed by atoms with Crippen LogP contribution in [0.2, 0.25) is 0 Å². The Bertz CT molecular complexity index is 488. The van der Waals surface area contributed by atoms with Crippen molar-refractivity contribution in [3.05, 3.63) is 30.1 Å². The number of amides is 2. The first-order chi connectivity index (χ1) is 10.1. The number of aromatic nitrogens is 1. The molecule has 0 aromatic carbocycles. The molecule has 1 N–H and O–H groups in total. The third-order valence-corrected chi connectivity index (χ3v) is 3.80. The number of carbonyl (C=O) groups excluding carboxylic acids is 2. The largest absolute Gasteiger partial charge is 0.352 e. The first-order valence-corrected chi connectivity index (χ1v) is 7.50. The van der Waals surface area contributed by atoms with E-state index in [1.54, 1.807) is 12.4 Å². The zero-order chi connectivity index (χ0) is 15.2. The Kier molecular flexibility index (Phi) is 5.31. The second-order valence-corrected chi connectivity index (χ2v) is 5.93.